The minimum atomic E-state index is -0.0869. The molecule has 4 heteroatoms. The second kappa shape index (κ2) is 5.16. The van der Waals surface area contributed by atoms with Crippen LogP contribution in [0.2, 0.25) is 0 Å². The fourth-order valence-corrected chi connectivity index (χ4v) is 1.70. The molecule has 0 radical (unpaired) electrons. The maximum atomic E-state index is 8.82. The SMILES string of the molecule is Cl.N[C@H](CCO)c1c[nH]c2ccccc12. The molecule has 0 fully saturated rings. The lowest BCUT2D eigenvalue weighted by Gasteiger charge is -2.07. The van der Waals surface area contributed by atoms with Crippen molar-refractivity contribution in [2.24, 2.45) is 5.73 Å². The number of hydrogen-bond acceptors (Lipinski definition) is 2. The number of nitrogens with two attached hydrogens (primary N) is 1. The van der Waals surface area contributed by atoms with Crippen LogP contribution in [-0.2, 0) is 0 Å². The van der Waals surface area contributed by atoms with E-state index in [9.17, 15) is 0 Å². The van der Waals surface area contributed by atoms with Crippen molar-refractivity contribution in [1.29, 1.82) is 0 Å². The van der Waals surface area contributed by atoms with Gasteiger partial charge in [0.2, 0.25) is 0 Å². The number of para-hydroxylation sites is 1. The van der Waals surface area contributed by atoms with E-state index < -0.39 is 0 Å². The van der Waals surface area contributed by atoms with Crippen molar-refractivity contribution in [2.45, 2.75) is 12.5 Å². The first-order chi connectivity index (χ1) is 6.83. The van der Waals surface area contributed by atoms with Crippen molar-refractivity contribution in [3.05, 3.63) is 36.0 Å². The van der Waals surface area contributed by atoms with Gasteiger partial charge in [0, 0.05) is 29.7 Å². The summed E-state index contributed by atoms with van der Waals surface area (Å²) in [5, 5.41) is 9.96. The number of fused-ring (bicyclic) bond motifs is 1. The van der Waals surface area contributed by atoms with Gasteiger partial charge in [-0.15, -0.1) is 12.4 Å². The zero-order chi connectivity index (χ0) is 9.97. The molecule has 82 valence electrons. The molecule has 3 nitrogen and oxygen atoms in total. The van der Waals surface area contributed by atoms with Crippen LogP contribution in [-0.4, -0.2) is 16.7 Å². The van der Waals surface area contributed by atoms with Crippen molar-refractivity contribution in [1.82, 2.24) is 4.98 Å². The highest BCUT2D eigenvalue weighted by Crippen LogP contribution is 2.23. The summed E-state index contributed by atoms with van der Waals surface area (Å²) in [6.07, 6.45) is 2.52. The smallest absolute Gasteiger partial charge is 0.0457 e. The molecule has 2 aromatic rings. The summed E-state index contributed by atoms with van der Waals surface area (Å²) < 4.78 is 0. The van der Waals surface area contributed by atoms with Crippen LogP contribution in [0.15, 0.2) is 30.5 Å². The van der Waals surface area contributed by atoms with Gasteiger partial charge in [0.15, 0.2) is 0 Å². The van der Waals surface area contributed by atoms with Gasteiger partial charge >= 0.3 is 0 Å². The quantitative estimate of drug-likeness (QED) is 0.750. The highest BCUT2D eigenvalue weighted by Gasteiger charge is 2.10. The van der Waals surface area contributed by atoms with E-state index in [0.29, 0.717) is 6.42 Å². The van der Waals surface area contributed by atoms with Crippen molar-refractivity contribution in [2.75, 3.05) is 6.61 Å². The Kier molecular flexibility index (Phi) is 4.15. The zero-order valence-electron chi connectivity index (χ0n) is 8.31. The van der Waals surface area contributed by atoms with E-state index in [2.05, 4.69) is 4.98 Å². The molecule has 4 N–H and O–H groups in total. The third kappa shape index (κ3) is 2.31. The number of aliphatic hydroxyl groups excluding tert-OH is 1. The maximum absolute atomic E-state index is 8.82. The predicted molar refractivity (Wildman–Crippen MR) is 64.2 cm³/mol. The van der Waals surface area contributed by atoms with Crippen LogP contribution < -0.4 is 5.73 Å². The second-order valence-electron chi connectivity index (χ2n) is 3.41. The van der Waals surface area contributed by atoms with Crippen LogP contribution in [0, 0.1) is 0 Å². The summed E-state index contributed by atoms with van der Waals surface area (Å²) in [4.78, 5) is 3.17. The molecule has 1 atom stereocenters. The predicted octanol–water partition coefficient (Wildman–Crippen LogP) is 1.97. The molecule has 0 unspecified atom stereocenters. The number of benzene rings is 1. The Bertz CT molecular complexity index is 427. The molecule has 0 spiro atoms. The first-order valence-electron chi connectivity index (χ1n) is 4.75. The van der Waals surface area contributed by atoms with Crippen molar-refractivity contribution < 1.29 is 5.11 Å². The first kappa shape index (κ1) is 12.0. The van der Waals surface area contributed by atoms with Gasteiger partial charge in [0.05, 0.1) is 0 Å². The number of H-pyrrole nitrogens is 1. The Hall–Kier alpha value is -1.03. The molecule has 0 aliphatic heterocycles. The topological polar surface area (TPSA) is 62.0 Å². The van der Waals surface area contributed by atoms with Crippen LogP contribution in [0.25, 0.3) is 10.9 Å². The Morgan fingerprint density at radius 2 is 2.07 bits per heavy atom. The van der Waals surface area contributed by atoms with E-state index in [1.54, 1.807) is 0 Å². The van der Waals surface area contributed by atoms with Gasteiger partial charge in [-0.3, -0.25) is 0 Å². The molecule has 0 aliphatic carbocycles. The molecule has 1 aromatic carbocycles. The van der Waals surface area contributed by atoms with Crippen LogP contribution >= 0.6 is 12.4 Å². The van der Waals surface area contributed by atoms with E-state index in [0.717, 1.165) is 16.5 Å². The highest BCUT2D eigenvalue weighted by atomic mass is 35.5. The number of halogens is 1. The summed E-state index contributed by atoms with van der Waals surface area (Å²) >= 11 is 0. The summed E-state index contributed by atoms with van der Waals surface area (Å²) in [6.45, 7) is 0.126. The number of rotatable bonds is 3. The lowest BCUT2D eigenvalue weighted by molar-refractivity contribution is 0.277. The van der Waals surface area contributed by atoms with Crippen molar-refractivity contribution in [3.63, 3.8) is 0 Å². The molecule has 15 heavy (non-hydrogen) atoms. The van der Waals surface area contributed by atoms with E-state index >= 15 is 0 Å². The molecule has 0 bridgehead atoms. The molecule has 0 amide bonds. The summed E-state index contributed by atoms with van der Waals surface area (Å²) in [5.74, 6) is 0. The molecule has 1 heterocycles. The van der Waals surface area contributed by atoms with E-state index in [-0.39, 0.29) is 25.1 Å². The van der Waals surface area contributed by atoms with Crippen molar-refractivity contribution >= 4 is 23.3 Å². The average Bonchev–Trinajstić information content (AvgIpc) is 2.61. The van der Waals surface area contributed by atoms with Crippen LogP contribution in [0.5, 0.6) is 0 Å². The first-order valence-corrected chi connectivity index (χ1v) is 4.75. The summed E-state index contributed by atoms with van der Waals surface area (Å²) in [6, 6.07) is 7.95. The number of nitrogens with one attached hydrogen (secondary N) is 1. The minimum Gasteiger partial charge on any atom is -0.396 e. The van der Waals surface area contributed by atoms with Gasteiger partial charge in [-0.05, 0) is 18.1 Å². The molecule has 2 rings (SSSR count). The molecule has 0 saturated heterocycles. The monoisotopic (exact) mass is 226 g/mol. The van der Waals surface area contributed by atoms with Gasteiger partial charge in [-0.1, -0.05) is 18.2 Å². The van der Waals surface area contributed by atoms with Crippen LogP contribution in [0.4, 0.5) is 0 Å². The largest absolute Gasteiger partial charge is 0.396 e. The lowest BCUT2D eigenvalue weighted by Crippen LogP contribution is -2.11. The Morgan fingerprint density at radius 1 is 1.33 bits per heavy atom. The second-order valence-corrected chi connectivity index (χ2v) is 3.41. The van der Waals surface area contributed by atoms with Gasteiger partial charge in [-0.2, -0.15) is 0 Å². The molecular weight excluding hydrogens is 212 g/mol. The van der Waals surface area contributed by atoms with Gasteiger partial charge < -0.3 is 15.8 Å². The average molecular weight is 227 g/mol. The fourth-order valence-electron chi connectivity index (χ4n) is 1.70. The number of aliphatic hydroxyl groups is 1. The lowest BCUT2D eigenvalue weighted by atomic mass is 10.0. The zero-order valence-corrected chi connectivity index (χ0v) is 9.13. The molecule has 0 saturated carbocycles. The van der Waals surface area contributed by atoms with Gasteiger partial charge in [-0.25, -0.2) is 0 Å². The Balaban J connectivity index is 0.00000112. The third-order valence-electron chi connectivity index (χ3n) is 2.46. The molecular formula is C11H15ClN2O. The Morgan fingerprint density at radius 3 is 2.80 bits per heavy atom. The van der Waals surface area contributed by atoms with Gasteiger partial charge in [0.1, 0.15) is 0 Å². The van der Waals surface area contributed by atoms with E-state index in [1.807, 2.05) is 30.5 Å². The third-order valence-corrected chi connectivity index (χ3v) is 2.46. The van der Waals surface area contributed by atoms with Crippen LogP contribution in [0.1, 0.15) is 18.0 Å². The maximum Gasteiger partial charge on any atom is 0.0457 e. The minimum absolute atomic E-state index is 0. The number of hydrogen-bond donors (Lipinski definition) is 3. The summed E-state index contributed by atoms with van der Waals surface area (Å²) in [5.41, 5.74) is 8.11. The van der Waals surface area contributed by atoms with Crippen molar-refractivity contribution in [3.8, 4) is 0 Å². The number of aromatic amines is 1. The summed E-state index contributed by atoms with van der Waals surface area (Å²) in [7, 11) is 0. The normalized spacial score (nSPS) is 12.4. The molecule has 0 aliphatic rings. The number of aromatic nitrogens is 1. The Labute approximate surface area is 94.7 Å². The molecule has 1 aromatic heterocycles. The standard InChI is InChI=1S/C11H14N2O.ClH/c12-10(5-6-14)9-7-13-11-4-2-1-3-8(9)11;/h1-4,7,10,13-14H,5-6,12H2;1H/t10-;/m1./s1. The van der Waals surface area contributed by atoms with Crippen LogP contribution in [0.3, 0.4) is 0 Å². The van der Waals surface area contributed by atoms with E-state index in [1.165, 1.54) is 0 Å². The van der Waals surface area contributed by atoms with E-state index in [4.69, 9.17) is 10.8 Å². The fraction of sp³-hybridized carbons (Fsp3) is 0.273. The van der Waals surface area contributed by atoms with Gasteiger partial charge in [0.25, 0.3) is 0 Å². The highest BCUT2D eigenvalue weighted by molar-refractivity contribution is 5.85.